The van der Waals surface area contributed by atoms with Gasteiger partial charge in [0.2, 0.25) is 0 Å². The number of thiazole rings is 1. The van der Waals surface area contributed by atoms with Gasteiger partial charge in [-0.25, -0.2) is 13.4 Å². The molecule has 0 aliphatic heterocycles. The van der Waals surface area contributed by atoms with Crippen molar-refractivity contribution >= 4 is 21.2 Å². The zero-order valence-corrected chi connectivity index (χ0v) is 10.4. The fourth-order valence-corrected chi connectivity index (χ4v) is 2.83. The number of nitrogens with zero attached hydrogens (tertiary/aromatic N) is 1. The van der Waals surface area contributed by atoms with Gasteiger partial charge in [0.25, 0.3) is 0 Å². The van der Waals surface area contributed by atoms with Crippen LogP contribution in [0, 0.1) is 6.92 Å². The van der Waals surface area contributed by atoms with Crippen molar-refractivity contribution < 1.29 is 8.42 Å². The van der Waals surface area contributed by atoms with E-state index in [9.17, 15) is 8.42 Å². The summed E-state index contributed by atoms with van der Waals surface area (Å²) in [5.41, 5.74) is 5.25. The predicted octanol–water partition coefficient (Wildman–Crippen LogP) is 0.391. The molecule has 0 bridgehead atoms. The van der Waals surface area contributed by atoms with Gasteiger partial charge in [0, 0.05) is 11.1 Å². The molecule has 1 atom stereocenters. The Hall–Kier alpha value is -0.500. The fourth-order valence-electron chi connectivity index (χ4n) is 1.27. The van der Waals surface area contributed by atoms with Crippen LogP contribution in [0.15, 0.2) is 5.51 Å². The molecule has 1 aromatic rings. The van der Waals surface area contributed by atoms with Crippen molar-refractivity contribution in [1.29, 1.82) is 0 Å². The molecule has 1 rings (SSSR count). The highest BCUT2D eigenvalue weighted by Crippen LogP contribution is 2.23. The maximum atomic E-state index is 11.0. The van der Waals surface area contributed by atoms with Gasteiger partial charge < -0.3 is 0 Å². The molecule has 0 amide bonds. The van der Waals surface area contributed by atoms with E-state index in [0.717, 1.165) is 10.6 Å². The van der Waals surface area contributed by atoms with Crippen LogP contribution in [0.5, 0.6) is 0 Å². The minimum atomic E-state index is -2.94. The van der Waals surface area contributed by atoms with E-state index in [1.807, 2.05) is 6.92 Å². The van der Waals surface area contributed by atoms with Crippen molar-refractivity contribution in [3.05, 3.63) is 16.1 Å². The zero-order chi connectivity index (χ0) is 11.5. The molecule has 0 radical (unpaired) electrons. The average molecular weight is 249 g/mol. The number of hydrazine groups is 1. The lowest BCUT2D eigenvalue weighted by molar-refractivity contribution is 0.535. The molecule has 0 aliphatic carbocycles. The summed E-state index contributed by atoms with van der Waals surface area (Å²) in [6, 6.07) is -0.132. The highest BCUT2D eigenvalue weighted by Gasteiger charge is 2.16. The lowest BCUT2D eigenvalue weighted by Crippen LogP contribution is -2.29. The highest BCUT2D eigenvalue weighted by atomic mass is 32.2. The number of sulfone groups is 1. The van der Waals surface area contributed by atoms with Crippen LogP contribution in [0.25, 0.3) is 0 Å². The van der Waals surface area contributed by atoms with Crippen molar-refractivity contribution in [3.8, 4) is 0 Å². The first kappa shape index (κ1) is 12.6. The summed E-state index contributed by atoms with van der Waals surface area (Å²) in [6.07, 6.45) is 1.69. The Morgan fingerprint density at radius 3 is 2.73 bits per heavy atom. The second-order valence-corrected chi connectivity index (χ2v) is 6.59. The van der Waals surface area contributed by atoms with Crippen LogP contribution < -0.4 is 11.3 Å². The van der Waals surface area contributed by atoms with E-state index in [0.29, 0.717) is 6.42 Å². The summed E-state index contributed by atoms with van der Waals surface area (Å²) in [4.78, 5) is 5.10. The normalized spacial score (nSPS) is 14.1. The van der Waals surface area contributed by atoms with Crippen molar-refractivity contribution in [1.82, 2.24) is 10.4 Å². The Kier molecular flexibility index (Phi) is 4.21. The predicted molar refractivity (Wildman–Crippen MR) is 61.2 cm³/mol. The third-order valence-corrected chi connectivity index (χ3v) is 4.10. The summed E-state index contributed by atoms with van der Waals surface area (Å²) >= 11 is 1.48. The molecule has 0 saturated heterocycles. The second-order valence-electron chi connectivity index (χ2n) is 3.44. The van der Waals surface area contributed by atoms with E-state index in [2.05, 4.69) is 10.4 Å². The van der Waals surface area contributed by atoms with Gasteiger partial charge in [-0.3, -0.25) is 11.3 Å². The number of aryl methyl sites for hydroxylation is 1. The van der Waals surface area contributed by atoms with Crippen molar-refractivity contribution in [2.75, 3.05) is 12.0 Å². The van der Waals surface area contributed by atoms with Gasteiger partial charge in [-0.05, 0) is 13.3 Å². The first-order valence-corrected chi connectivity index (χ1v) is 7.42. The smallest absolute Gasteiger partial charge is 0.147 e. The standard InChI is InChI=1S/C8H15N3O2S2/c1-6-8(14-5-10-6)7(11-9)3-4-15(2,12)13/h5,7,11H,3-4,9H2,1-2H3. The number of hydrogen-bond donors (Lipinski definition) is 2. The molecule has 1 heterocycles. The highest BCUT2D eigenvalue weighted by molar-refractivity contribution is 7.90. The van der Waals surface area contributed by atoms with Crippen molar-refractivity contribution in [3.63, 3.8) is 0 Å². The topological polar surface area (TPSA) is 85.1 Å². The number of aromatic nitrogens is 1. The Bertz CT molecular complexity index is 413. The maximum absolute atomic E-state index is 11.0. The van der Waals surface area contributed by atoms with Crippen LogP contribution in [-0.4, -0.2) is 25.4 Å². The van der Waals surface area contributed by atoms with Gasteiger partial charge in [0.15, 0.2) is 0 Å². The Morgan fingerprint density at radius 1 is 1.67 bits per heavy atom. The van der Waals surface area contributed by atoms with Gasteiger partial charge in [-0.1, -0.05) is 0 Å². The third-order valence-electron chi connectivity index (χ3n) is 2.08. The lowest BCUT2D eigenvalue weighted by Gasteiger charge is -2.13. The van der Waals surface area contributed by atoms with Gasteiger partial charge >= 0.3 is 0 Å². The van der Waals surface area contributed by atoms with E-state index in [1.165, 1.54) is 17.6 Å². The van der Waals surface area contributed by atoms with Crippen LogP contribution in [0.3, 0.4) is 0 Å². The molecule has 0 spiro atoms. The van der Waals surface area contributed by atoms with Gasteiger partial charge in [0.05, 0.1) is 23.0 Å². The molecule has 0 saturated carbocycles. The van der Waals surface area contributed by atoms with E-state index in [-0.39, 0.29) is 11.8 Å². The first-order chi connectivity index (χ1) is 6.94. The number of nitrogens with one attached hydrogen (secondary N) is 1. The third kappa shape index (κ3) is 3.86. The Labute approximate surface area is 93.6 Å². The van der Waals surface area contributed by atoms with E-state index in [4.69, 9.17) is 5.84 Å². The molecule has 0 fully saturated rings. The molecule has 7 heteroatoms. The summed E-state index contributed by atoms with van der Waals surface area (Å²) in [6.45, 7) is 1.89. The van der Waals surface area contributed by atoms with Gasteiger partial charge in [-0.2, -0.15) is 0 Å². The Morgan fingerprint density at radius 2 is 2.33 bits per heavy atom. The largest absolute Gasteiger partial charge is 0.271 e. The van der Waals surface area contributed by atoms with Gasteiger partial charge in [-0.15, -0.1) is 11.3 Å². The summed E-state index contributed by atoms with van der Waals surface area (Å²) < 4.78 is 22.1. The molecule has 5 nitrogen and oxygen atoms in total. The van der Waals surface area contributed by atoms with Crippen LogP contribution in [-0.2, 0) is 9.84 Å². The van der Waals surface area contributed by atoms with Crippen molar-refractivity contribution in [2.45, 2.75) is 19.4 Å². The SMILES string of the molecule is Cc1ncsc1C(CCS(C)(=O)=O)NN. The molecular formula is C8H15N3O2S2. The molecule has 3 N–H and O–H groups in total. The van der Waals surface area contributed by atoms with E-state index in [1.54, 1.807) is 5.51 Å². The first-order valence-electron chi connectivity index (χ1n) is 4.48. The van der Waals surface area contributed by atoms with Crippen LogP contribution >= 0.6 is 11.3 Å². The molecule has 0 aliphatic rings. The molecule has 1 unspecified atom stereocenters. The van der Waals surface area contributed by atoms with Crippen LogP contribution in [0.2, 0.25) is 0 Å². The molecule has 86 valence electrons. The summed E-state index contributed by atoms with van der Waals surface area (Å²) in [7, 11) is -2.94. The molecule has 15 heavy (non-hydrogen) atoms. The van der Waals surface area contributed by atoms with Crippen molar-refractivity contribution in [2.24, 2.45) is 5.84 Å². The van der Waals surface area contributed by atoms with Crippen LogP contribution in [0.1, 0.15) is 23.0 Å². The van der Waals surface area contributed by atoms with Gasteiger partial charge in [0.1, 0.15) is 9.84 Å². The van der Waals surface area contributed by atoms with Crippen LogP contribution in [0.4, 0.5) is 0 Å². The molecule has 1 aromatic heterocycles. The molecule has 0 aromatic carbocycles. The minimum Gasteiger partial charge on any atom is -0.271 e. The number of hydrogen-bond acceptors (Lipinski definition) is 6. The van der Waals surface area contributed by atoms with E-state index >= 15 is 0 Å². The quantitative estimate of drug-likeness (QED) is 0.582. The number of rotatable bonds is 5. The molecular weight excluding hydrogens is 234 g/mol. The monoisotopic (exact) mass is 249 g/mol. The summed E-state index contributed by atoms with van der Waals surface area (Å²) in [5.74, 6) is 5.52. The average Bonchev–Trinajstić information content (AvgIpc) is 2.52. The second kappa shape index (κ2) is 5.02. The van der Waals surface area contributed by atoms with E-state index < -0.39 is 9.84 Å². The minimum absolute atomic E-state index is 0.124. The number of nitrogens with two attached hydrogens (primary N) is 1. The Balaban J connectivity index is 2.70. The maximum Gasteiger partial charge on any atom is 0.147 e. The summed E-state index contributed by atoms with van der Waals surface area (Å²) in [5, 5.41) is 0. The fraction of sp³-hybridized carbons (Fsp3) is 0.625. The zero-order valence-electron chi connectivity index (χ0n) is 8.73. The lowest BCUT2D eigenvalue weighted by atomic mass is 10.2.